The van der Waals surface area contributed by atoms with Crippen molar-refractivity contribution in [1.29, 1.82) is 5.26 Å². The van der Waals surface area contributed by atoms with Crippen LogP contribution in [0.4, 0.5) is 0 Å². The molecule has 0 spiro atoms. The molecular weight excluding hydrogens is 164 g/mol. The van der Waals surface area contributed by atoms with Crippen LogP contribution in [0.3, 0.4) is 0 Å². The molecule has 0 aromatic heterocycles. The minimum absolute atomic E-state index is 0.00204. The average Bonchev–Trinajstić information content (AvgIpc) is 2.17. The average molecular weight is 182 g/mol. The van der Waals surface area contributed by atoms with Crippen molar-refractivity contribution in [2.45, 2.75) is 44.8 Å². The van der Waals surface area contributed by atoms with Crippen molar-refractivity contribution in [2.24, 2.45) is 5.92 Å². The largest absolute Gasteiger partial charge is 0.393 e. The van der Waals surface area contributed by atoms with E-state index in [4.69, 9.17) is 5.26 Å². The summed E-state index contributed by atoms with van der Waals surface area (Å²) in [7, 11) is 0. The fourth-order valence-electron chi connectivity index (χ4n) is 1.93. The molecule has 3 atom stereocenters. The summed E-state index contributed by atoms with van der Waals surface area (Å²) in [6.07, 6.45) is 2.65. The van der Waals surface area contributed by atoms with Gasteiger partial charge in [-0.15, -0.1) is 0 Å². The Bertz CT molecular complexity index is 201. The van der Waals surface area contributed by atoms with Gasteiger partial charge in [-0.05, 0) is 32.7 Å². The molecule has 74 valence electrons. The Morgan fingerprint density at radius 3 is 2.54 bits per heavy atom. The zero-order chi connectivity index (χ0) is 9.90. The van der Waals surface area contributed by atoms with E-state index in [2.05, 4.69) is 11.4 Å². The maximum atomic E-state index is 9.48. The van der Waals surface area contributed by atoms with Crippen molar-refractivity contribution in [3.05, 3.63) is 0 Å². The molecule has 0 aromatic rings. The number of piperidine rings is 1. The summed E-state index contributed by atoms with van der Waals surface area (Å²) in [5.41, 5.74) is -0.494. The van der Waals surface area contributed by atoms with Gasteiger partial charge in [-0.1, -0.05) is 6.92 Å². The minimum atomic E-state index is -0.494. The smallest absolute Gasteiger partial charge is 0.111 e. The standard InChI is InChI=1S/C10H18N2O/c1-8(9(2)13)10(7-11)5-3-4-6-12-10/h8-9,12-13H,3-6H2,1-2H3. The number of rotatable bonds is 2. The van der Waals surface area contributed by atoms with E-state index in [9.17, 15) is 5.11 Å². The quantitative estimate of drug-likeness (QED) is 0.671. The van der Waals surface area contributed by atoms with Gasteiger partial charge in [0.1, 0.15) is 5.54 Å². The minimum Gasteiger partial charge on any atom is -0.393 e. The van der Waals surface area contributed by atoms with Gasteiger partial charge in [0.15, 0.2) is 0 Å². The van der Waals surface area contributed by atoms with Crippen LogP contribution >= 0.6 is 0 Å². The van der Waals surface area contributed by atoms with Gasteiger partial charge in [-0.25, -0.2) is 0 Å². The van der Waals surface area contributed by atoms with Crippen molar-refractivity contribution in [2.75, 3.05) is 6.54 Å². The monoisotopic (exact) mass is 182 g/mol. The molecular formula is C10H18N2O. The fraction of sp³-hybridized carbons (Fsp3) is 0.900. The van der Waals surface area contributed by atoms with Gasteiger partial charge in [0.05, 0.1) is 12.2 Å². The van der Waals surface area contributed by atoms with Crippen molar-refractivity contribution in [3.8, 4) is 6.07 Å². The Hall–Kier alpha value is -0.590. The predicted molar refractivity (Wildman–Crippen MR) is 51.0 cm³/mol. The lowest BCUT2D eigenvalue weighted by molar-refractivity contribution is 0.0763. The Labute approximate surface area is 79.8 Å². The summed E-state index contributed by atoms with van der Waals surface area (Å²) < 4.78 is 0. The maximum absolute atomic E-state index is 9.48. The third-order valence-corrected chi connectivity index (χ3v) is 3.14. The molecule has 13 heavy (non-hydrogen) atoms. The second kappa shape index (κ2) is 4.08. The van der Waals surface area contributed by atoms with Gasteiger partial charge >= 0.3 is 0 Å². The van der Waals surface area contributed by atoms with Crippen molar-refractivity contribution in [3.63, 3.8) is 0 Å². The molecule has 3 nitrogen and oxygen atoms in total. The van der Waals surface area contributed by atoms with Crippen LogP contribution in [-0.2, 0) is 0 Å². The third-order valence-electron chi connectivity index (χ3n) is 3.14. The Morgan fingerprint density at radius 1 is 1.46 bits per heavy atom. The molecule has 2 N–H and O–H groups in total. The molecule has 1 aliphatic rings. The van der Waals surface area contributed by atoms with E-state index >= 15 is 0 Å². The molecule has 0 aromatic carbocycles. The van der Waals surface area contributed by atoms with E-state index in [1.165, 1.54) is 0 Å². The third kappa shape index (κ3) is 2.01. The van der Waals surface area contributed by atoms with Gasteiger partial charge in [-0.2, -0.15) is 5.26 Å². The molecule has 0 radical (unpaired) electrons. The lowest BCUT2D eigenvalue weighted by atomic mass is 9.77. The Balaban J connectivity index is 2.74. The van der Waals surface area contributed by atoms with Gasteiger partial charge in [0.25, 0.3) is 0 Å². The number of nitrogens with zero attached hydrogens (tertiary/aromatic N) is 1. The highest BCUT2D eigenvalue weighted by Gasteiger charge is 2.39. The predicted octanol–water partition coefficient (Wildman–Crippen LogP) is 1.04. The molecule has 1 saturated heterocycles. The van der Waals surface area contributed by atoms with Crippen LogP contribution in [-0.4, -0.2) is 23.3 Å². The summed E-state index contributed by atoms with van der Waals surface area (Å²) in [5, 5.41) is 21.9. The topological polar surface area (TPSA) is 56.0 Å². The van der Waals surface area contributed by atoms with Crippen LogP contribution in [0.5, 0.6) is 0 Å². The first-order chi connectivity index (χ1) is 6.12. The second-order valence-electron chi connectivity index (χ2n) is 4.00. The van der Waals surface area contributed by atoms with E-state index in [-0.39, 0.29) is 5.92 Å². The van der Waals surface area contributed by atoms with Crippen molar-refractivity contribution in [1.82, 2.24) is 5.32 Å². The van der Waals surface area contributed by atoms with Crippen LogP contribution in [0.2, 0.25) is 0 Å². The number of hydrogen-bond donors (Lipinski definition) is 2. The highest BCUT2D eigenvalue weighted by atomic mass is 16.3. The first-order valence-electron chi connectivity index (χ1n) is 4.97. The summed E-state index contributed by atoms with van der Waals surface area (Å²) in [6.45, 7) is 4.58. The van der Waals surface area contributed by atoms with Crippen LogP contribution in [0, 0.1) is 17.2 Å². The van der Waals surface area contributed by atoms with E-state index in [1.807, 2.05) is 6.92 Å². The van der Waals surface area contributed by atoms with Gasteiger partial charge in [0.2, 0.25) is 0 Å². The first-order valence-corrected chi connectivity index (χ1v) is 4.97. The van der Waals surface area contributed by atoms with E-state index in [0.717, 1.165) is 25.8 Å². The fourth-order valence-corrected chi connectivity index (χ4v) is 1.93. The molecule has 0 bridgehead atoms. The molecule has 1 rings (SSSR count). The van der Waals surface area contributed by atoms with Gasteiger partial charge in [-0.3, -0.25) is 5.32 Å². The zero-order valence-electron chi connectivity index (χ0n) is 8.38. The summed E-state index contributed by atoms with van der Waals surface area (Å²) in [4.78, 5) is 0. The maximum Gasteiger partial charge on any atom is 0.111 e. The molecule has 1 heterocycles. The highest BCUT2D eigenvalue weighted by Crippen LogP contribution is 2.28. The van der Waals surface area contributed by atoms with E-state index < -0.39 is 11.6 Å². The highest BCUT2D eigenvalue weighted by molar-refractivity contribution is 5.12. The van der Waals surface area contributed by atoms with Gasteiger partial charge < -0.3 is 5.11 Å². The number of hydrogen-bond acceptors (Lipinski definition) is 3. The number of nitrogens with one attached hydrogen (secondary N) is 1. The number of aliphatic hydroxyl groups excluding tert-OH is 1. The lowest BCUT2D eigenvalue weighted by Gasteiger charge is -2.38. The first kappa shape index (κ1) is 10.5. The second-order valence-corrected chi connectivity index (χ2v) is 4.00. The molecule has 0 saturated carbocycles. The Morgan fingerprint density at radius 2 is 2.15 bits per heavy atom. The normalized spacial score (nSPS) is 33.4. The zero-order valence-corrected chi connectivity index (χ0v) is 8.38. The van der Waals surface area contributed by atoms with Crippen LogP contribution in [0.15, 0.2) is 0 Å². The SMILES string of the molecule is CC(O)C(C)C1(C#N)CCCCN1. The molecule has 1 fully saturated rings. The molecule has 1 aliphatic heterocycles. The van der Waals surface area contributed by atoms with Crippen LogP contribution < -0.4 is 5.32 Å². The lowest BCUT2D eigenvalue weighted by Crippen LogP contribution is -2.54. The summed E-state index contributed by atoms with van der Waals surface area (Å²) >= 11 is 0. The van der Waals surface area contributed by atoms with Crippen molar-refractivity contribution < 1.29 is 5.11 Å². The summed E-state index contributed by atoms with van der Waals surface area (Å²) in [5.74, 6) is -0.00204. The van der Waals surface area contributed by atoms with Crippen LogP contribution in [0.25, 0.3) is 0 Å². The molecule has 0 aliphatic carbocycles. The Kier molecular flexibility index (Phi) is 3.29. The number of nitriles is 1. The van der Waals surface area contributed by atoms with E-state index in [0.29, 0.717) is 0 Å². The molecule has 3 unspecified atom stereocenters. The van der Waals surface area contributed by atoms with Gasteiger partial charge in [0, 0.05) is 5.92 Å². The molecule has 3 heteroatoms. The molecule has 0 amide bonds. The summed E-state index contributed by atoms with van der Waals surface area (Å²) in [6, 6.07) is 2.33. The van der Waals surface area contributed by atoms with Crippen molar-refractivity contribution >= 4 is 0 Å². The van der Waals surface area contributed by atoms with E-state index in [1.54, 1.807) is 6.92 Å². The number of aliphatic hydroxyl groups is 1. The van der Waals surface area contributed by atoms with Crippen LogP contribution in [0.1, 0.15) is 33.1 Å².